The first-order chi connectivity index (χ1) is 14.8. The van der Waals surface area contributed by atoms with Crippen LogP contribution in [0.5, 0.6) is 0 Å². The van der Waals surface area contributed by atoms with Gasteiger partial charge in [0, 0.05) is 24.6 Å². The van der Waals surface area contributed by atoms with E-state index in [1.807, 2.05) is 6.92 Å². The second-order valence-electron chi connectivity index (χ2n) is 7.74. The number of nitrogen functional groups attached to an aromatic ring is 1. The molecule has 0 radical (unpaired) electrons. The molecule has 12 heteroatoms. The fraction of sp³-hybridized carbons (Fsp3) is 0.368. The molecule has 10 nitrogen and oxygen atoms in total. The van der Waals surface area contributed by atoms with Gasteiger partial charge >= 0.3 is 0 Å². The number of likely N-dealkylation sites (tertiary alicyclic amines) is 1. The first kappa shape index (κ1) is 19.3. The fourth-order valence-electron chi connectivity index (χ4n) is 4.01. The molecule has 31 heavy (non-hydrogen) atoms. The predicted octanol–water partition coefficient (Wildman–Crippen LogP) is 2.24. The molecular formula is C19H18F2N8O2. The molecule has 160 valence electrons. The maximum Gasteiger partial charge on any atom is 0.278 e. The normalized spacial score (nSPS) is 19.4. The van der Waals surface area contributed by atoms with Crippen molar-refractivity contribution >= 4 is 28.4 Å². The summed E-state index contributed by atoms with van der Waals surface area (Å²) in [4.78, 5) is 23.2. The Morgan fingerprint density at radius 2 is 2.03 bits per heavy atom. The standard InChI is InChI=1S/C19H18F2N8O2/c1-8-3-4-10(7-28(8)18(30)14-9(2)26-31-27-14)16-24-17-12-5-11(20)6-13(21)15(12)23-19(22)29(17)25-16/h5-6,8,10H,3-4,7H2,1-2H3,(H2,22,23)/t8-,10+/m0/s1. The van der Waals surface area contributed by atoms with Crippen molar-refractivity contribution in [2.45, 2.75) is 38.6 Å². The molecule has 2 N–H and O–H groups in total. The molecule has 4 heterocycles. The van der Waals surface area contributed by atoms with Crippen LogP contribution in [0.4, 0.5) is 14.7 Å². The number of aromatic nitrogens is 6. The lowest BCUT2D eigenvalue weighted by atomic mass is 9.92. The van der Waals surface area contributed by atoms with Gasteiger partial charge in [0.05, 0.1) is 5.39 Å². The smallest absolute Gasteiger partial charge is 0.278 e. The zero-order valence-corrected chi connectivity index (χ0v) is 16.7. The molecule has 0 spiro atoms. The van der Waals surface area contributed by atoms with E-state index in [-0.39, 0.29) is 46.1 Å². The van der Waals surface area contributed by atoms with Gasteiger partial charge in [-0.2, -0.15) is 4.52 Å². The highest BCUT2D eigenvalue weighted by molar-refractivity contribution is 5.94. The number of carbonyl (C=O) groups is 1. The summed E-state index contributed by atoms with van der Waals surface area (Å²) in [5.41, 5.74) is 6.67. The van der Waals surface area contributed by atoms with Gasteiger partial charge in [-0.3, -0.25) is 4.79 Å². The Kier molecular flexibility index (Phi) is 4.31. The average molecular weight is 428 g/mol. The third-order valence-corrected chi connectivity index (χ3v) is 5.70. The topological polar surface area (TPSA) is 128 Å². The van der Waals surface area contributed by atoms with E-state index in [1.165, 1.54) is 4.52 Å². The quantitative estimate of drug-likeness (QED) is 0.515. The highest BCUT2D eigenvalue weighted by Gasteiger charge is 2.34. The predicted molar refractivity (Wildman–Crippen MR) is 104 cm³/mol. The first-order valence-electron chi connectivity index (χ1n) is 9.74. The van der Waals surface area contributed by atoms with E-state index in [2.05, 4.69) is 30.0 Å². The molecular weight excluding hydrogens is 410 g/mol. The van der Waals surface area contributed by atoms with Crippen LogP contribution in [0.3, 0.4) is 0 Å². The van der Waals surface area contributed by atoms with Crippen molar-refractivity contribution in [3.05, 3.63) is 41.0 Å². The molecule has 3 aromatic heterocycles. The van der Waals surface area contributed by atoms with Crippen LogP contribution in [0.1, 0.15) is 47.7 Å². The zero-order valence-electron chi connectivity index (χ0n) is 16.7. The SMILES string of the molecule is Cc1nonc1C(=O)N1C[C@H](c2nc3c4cc(F)cc(F)c4nc(N)n3n2)CC[C@@H]1C. The molecule has 1 amide bonds. The van der Waals surface area contributed by atoms with E-state index in [4.69, 9.17) is 5.73 Å². The largest absolute Gasteiger partial charge is 0.368 e. The monoisotopic (exact) mass is 428 g/mol. The number of hydrogen-bond acceptors (Lipinski definition) is 8. The van der Waals surface area contributed by atoms with Crippen LogP contribution in [-0.4, -0.2) is 53.3 Å². The Morgan fingerprint density at radius 3 is 2.77 bits per heavy atom. The number of benzene rings is 1. The maximum absolute atomic E-state index is 14.2. The number of piperidine rings is 1. The van der Waals surface area contributed by atoms with Crippen LogP contribution in [-0.2, 0) is 0 Å². The van der Waals surface area contributed by atoms with Crippen LogP contribution < -0.4 is 5.73 Å². The Bertz CT molecular complexity index is 1330. The van der Waals surface area contributed by atoms with Crippen molar-refractivity contribution in [2.24, 2.45) is 0 Å². The summed E-state index contributed by atoms with van der Waals surface area (Å²) in [6.07, 6.45) is 1.44. The molecule has 5 rings (SSSR count). The third kappa shape index (κ3) is 3.05. The molecule has 0 saturated carbocycles. The van der Waals surface area contributed by atoms with Crippen LogP contribution in [0.25, 0.3) is 16.6 Å². The number of aryl methyl sites for hydroxylation is 1. The van der Waals surface area contributed by atoms with Gasteiger partial charge in [-0.25, -0.2) is 23.4 Å². The van der Waals surface area contributed by atoms with Crippen LogP contribution in [0, 0.1) is 18.6 Å². The molecule has 0 aliphatic carbocycles. The van der Waals surface area contributed by atoms with Crippen molar-refractivity contribution in [2.75, 3.05) is 12.3 Å². The molecule has 1 saturated heterocycles. The van der Waals surface area contributed by atoms with Crippen LogP contribution in [0.2, 0.25) is 0 Å². The second-order valence-corrected chi connectivity index (χ2v) is 7.74. The third-order valence-electron chi connectivity index (χ3n) is 5.70. The molecule has 1 fully saturated rings. The van der Waals surface area contributed by atoms with Gasteiger partial charge < -0.3 is 10.6 Å². The van der Waals surface area contributed by atoms with E-state index >= 15 is 0 Å². The lowest BCUT2D eigenvalue weighted by Gasteiger charge is -2.36. The van der Waals surface area contributed by atoms with Gasteiger partial charge in [0.25, 0.3) is 5.91 Å². The Morgan fingerprint density at radius 1 is 1.23 bits per heavy atom. The number of fused-ring (bicyclic) bond motifs is 3. The van der Waals surface area contributed by atoms with Gasteiger partial charge in [0.15, 0.2) is 23.0 Å². The van der Waals surface area contributed by atoms with Crippen molar-refractivity contribution in [1.82, 2.24) is 34.8 Å². The summed E-state index contributed by atoms with van der Waals surface area (Å²) in [5.74, 6) is -1.70. The fourth-order valence-corrected chi connectivity index (χ4v) is 4.01. The number of anilines is 1. The van der Waals surface area contributed by atoms with E-state index < -0.39 is 11.6 Å². The number of rotatable bonds is 2. The summed E-state index contributed by atoms with van der Waals surface area (Å²) >= 11 is 0. The number of nitrogens with two attached hydrogens (primary N) is 1. The van der Waals surface area contributed by atoms with E-state index in [1.54, 1.807) is 11.8 Å². The summed E-state index contributed by atoms with van der Waals surface area (Å²) < 4.78 is 33.9. The Balaban J connectivity index is 1.54. The van der Waals surface area contributed by atoms with Crippen LogP contribution in [0.15, 0.2) is 16.8 Å². The lowest BCUT2D eigenvalue weighted by molar-refractivity contribution is 0.0594. The Labute approximate surface area is 174 Å². The summed E-state index contributed by atoms with van der Waals surface area (Å²) in [7, 11) is 0. The Hall–Kier alpha value is -3.70. The van der Waals surface area contributed by atoms with Crippen molar-refractivity contribution in [1.29, 1.82) is 0 Å². The number of halogens is 2. The van der Waals surface area contributed by atoms with Gasteiger partial charge in [0.2, 0.25) is 5.95 Å². The van der Waals surface area contributed by atoms with Crippen molar-refractivity contribution in [3.63, 3.8) is 0 Å². The highest BCUT2D eigenvalue weighted by atomic mass is 19.1. The van der Waals surface area contributed by atoms with E-state index in [9.17, 15) is 13.6 Å². The van der Waals surface area contributed by atoms with Gasteiger partial charge in [0.1, 0.15) is 17.0 Å². The van der Waals surface area contributed by atoms with Crippen molar-refractivity contribution in [3.8, 4) is 0 Å². The molecule has 1 aromatic carbocycles. The van der Waals surface area contributed by atoms with E-state index in [0.717, 1.165) is 18.6 Å². The average Bonchev–Trinajstić information content (AvgIpc) is 3.36. The minimum absolute atomic E-state index is 0.0207. The van der Waals surface area contributed by atoms with E-state index in [0.29, 0.717) is 24.5 Å². The molecule has 0 unspecified atom stereocenters. The maximum atomic E-state index is 14.2. The lowest BCUT2D eigenvalue weighted by Crippen LogP contribution is -2.45. The number of hydrogen-bond donors (Lipinski definition) is 1. The van der Waals surface area contributed by atoms with Gasteiger partial charge in [-0.05, 0) is 37.9 Å². The van der Waals surface area contributed by atoms with Crippen molar-refractivity contribution < 1.29 is 18.2 Å². The number of nitrogens with zero attached hydrogens (tertiary/aromatic N) is 7. The number of carbonyl (C=O) groups excluding carboxylic acids is 1. The second kappa shape index (κ2) is 6.93. The molecule has 0 bridgehead atoms. The first-order valence-corrected chi connectivity index (χ1v) is 9.74. The summed E-state index contributed by atoms with van der Waals surface area (Å²) in [5, 5.41) is 12.0. The minimum Gasteiger partial charge on any atom is -0.368 e. The molecule has 1 aliphatic rings. The number of amides is 1. The van der Waals surface area contributed by atoms with Crippen LogP contribution >= 0.6 is 0 Å². The molecule has 4 aromatic rings. The summed E-state index contributed by atoms with van der Waals surface area (Å²) in [6.45, 7) is 3.95. The zero-order chi connectivity index (χ0) is 21.9. The molecule has 2 atom stereocenters. The summed E-state index contributed by atoms with van der Waals surface area (Å²) in [6, 6.07) is 1.88. The van der Waals surface area contributed by atoms with Gasteiger partial charge in [-0.1, -0.05) is 5.16 Å². The molecule has 1 aliphatic heterocycles. The highest BCUT2D eigenvalue weighted by Crippen LogP contribution is 2.31. The minimum atomic E-state index is -0.825. The van der Waals surface area contributed by atoms with Gasteiger partial charge in [-0.15, -0.1) is 5.10 Å².